The van der Waals surface area contributed by atoms with E-state index in [1.165, 1.54) is 57.8 Å². The van der Waals surface area contributed by atoms with E-state index in [1.807, 2.05) is 0 Å². The Morgan fingerprint density at radius 1 is 0.294 bits per heavy atom. The molecule has 0 aliphatic heterocycles. The van der Waals surface area contributed by atoms with E-state index < -0.39 is 21.8 Å². The van der Waals surface area contributed by atoms with Gasteiger partial charge in [0.15, 0.2) is 0 Å². The SMILES string of the molecule is CCC[PH](CCC)(CCC)CN(C[PH](CCC)(CCC)CCC)C[PH](CCC)(CCC)CCC. The fourth-order valence-corrected chi connectivity index (χ4v) is 25.6. The molecule has 0 aromatic rings. The summed E-state index contributed by atoms with van der Waals surface area (Å²) in [6, 6.07) is 0. The summed E-state index contributed by atoms with van der Waals surface area (Å²) in [7, 11) is -3.68. The second kappa shape index (κ2) is 20.2. The molecule has 0 bridgehead atoms. The molecular formula is C30H72NP3. The summed E-state index contributed by atoms with van der Waals surface area (Å²) in [6.07, 6.45) is 31.7. The van der Waals surface area contributed by atoms with Crippen molar-refractivity contribution in [3.63, 3.8) is 0 Å². The van der Waals surface area contributed by atoms with Gasteiger partial charge in [-0.05, 0) is 0 Å². The van der Waals surface area contributed by atoms with Crippen LogP contribution in [0.15, 0.2) is 0 Å². The van der Waals surface area contributed by atoms with Gasteiger partial charge < -0.3 is 0 Å². The molecule has 0 radical (unpaired) electrons. The van der Waals surface area contributed by atoms with Gasteiger partial charge in [0.2, 0.25) is 0 Å². The molecule has 0 aromatic heterocycles. The van der Waals surface area contributed by atoms with Crippen LogP contribution in [0.5, 0.6) is 0 Å². The van der Waals surface area contributed by atoms with Crippen LogP contribution in [0, 0.1) is 0 Å². The molecule has 0 unspecified atom stereocenters. The molecule has 0 aliphatic rings. The fourth-order valence-electron chi connectivity index (χ4n) is 8.20. The summed E-state index contributed by atoms with van der Waals surface area (Å²) in [5.74, 6) is 0. The van der Waals surface area contributed by atoms with Crippen LogP contribution in [0.1, 0.15) is 120 Å². The van der Waals surface area contributed by atoms with Gasteiger partial charge in [-0.1, -0.05) is 0 Å². The summed E-state index contributed by atoms with van der Waals surface area (Å²) in [6.45, 7) is 22.3. The van der Waals surface area contributed by atoms with Crippen LogP contribution in [0.25, 0.3) is 0 Å². The molecule has 212 valence electrons. The minimum absolute atomic E-state index is 1.23. The van der Waals surface area contributed by atoms with Gasteiger partial charge in [0, 0.05) is 0 Å². The predicted octanol–water partition coefficient (Wildman–Crippen LogP) is 10.1. The Balaban J connectivity index is 6.41. The fraction of sp³-hybridized carbons (Fsp3) is 1.00. The van der Waals surface area contributed by atoms with Crippen molar-refractivity contribution < 1.29 is 0 Å². The van der Waals surface area contributed by atoms with Crippen LogP contribution in [0.3, 0.4) is 0 Å². The zero-order valence-electron chi connectivity index (χ0n) is 25.8. The molecule has 0 heterocycles. The van der Waals surface area contributed by atoms with Gasteiger partial charge in [0.1, 0.15) is 0 Å². The standard InChI is InChI=1S/C30H72NP3/c1-10-19-32(20-11-2,21-12-3)28-31(29-33(22-13-4,23-14-5)24-15-6)30-34(25-16-7,26-17-8)27-18-9/h32-34H,10-30H2,1-9H3. The maximum absolute atomic E-state index is 3.27. The van der Waals surface area contributed by atoms with Crippen molar-refractivity contribution in [3.8, 4) is 0 Å². The van der Waals surface area contributed by atoms with Crippen molar-refractivity contribution in [2.45, 2.75) is 120 Å². The monoisotopic (exact) mass is 539 g/mol. The summed E-state index contributed by atoms with van der Waals surface area (Å²) in [4.78, 5) is 3.27. The van der Waals surface area contributed by atoms with Crippen LogP contribution in [-0.2, 0) is 0 Å². The molecule has 4 heteroatoms. The average Bonchev–Trinajstić information content (AvgIpc) is 2.75. The first-order chi connectivity index (χ1) is 16.3. The van der Waals surface area contributed by atoms with Crippen LogP contribution < -0.4 is 0 Å². The Morgan fingerprint density at radius 3 is 0.559 bits per heavy atom. The first-order valence-electron chi connectivity index (χ1n) is 16.1. The zero-order chi connectivity index (χ0) is 25.9. The molecule has 1 nitrogen and oxygen atoms in total. The quantitative estimate of drug-likeness (QED) is 0.110. The second-order valence-corrected chi connectivity index (χ2v) is 26.8. The Labute approximate surface area is 220 Å². The van der Waals surface area contributed by atoms with E-state index in [0.29, 0.717) is 0 Å². The molecule has 0 aliphatic carbocycles. The van der Waals surface area contributed by atoms with Gasteiger partial charge >= 0.3 is 221 Å². The zero-order valence-corrected chi connectivity index (χ0v) is 28.8. The predicted molar refractivity (Wildman–Crippen MR) is 178 cm³/mol. The van der Waals surface area contributed by atoms with Gasteiger partial charge in [-0.2, -0.15) is 0 Å². The van der Waals surface area contributed by atoms with Crippen LogP contribution >= 0.6 is 21.8 Å². The average molecular weight is 540 g/mol. The molecular weight excluding hydrogens is 467 g/mol. The third-order valence-corrected chi connectivity index (χ3v) is 26.1. The summed E-state index contributed by atoms with van der Waals surface area (Å²) in [5.41, 5.74) is 0. The summed E-state index contributed by atoms with van der Waals surface area (Å²) in [5, 5.41) is 0. The first-order valence-corrected chi connectivity index (χ1v) is 24.5. The van der Waals surface area contributed by atoms with Gasteiger partial charge in [-0.25, -0.2) is 0 Å². The van der Waals surface area contributed by atoms with Crippen LogP contribution in [0.2, 0.25) is 0 Å². The number of hydrogen-bond acceptors (Lipinski definition) is 1. The van der Waals surface area contributed by atoms with Gasteiger partial charge in [0.05, 0.1) is 0 Å². The molecule has 0 saturated heterocycles. The van der Waals surface area contributed by atoms with E-state index in [2.05, 4.69) is 67.2 Å². The number of rotatable bonds is 24. The molecule has 0 aromatic carbocycles. The minimum atomic E-state index is -1.23. The summed E-state index contributed by atoms with van der Waals surface area (Å²) < 4.78 is 0. The van der Waals surface area contributed by atoms with Crippen LogP contribution in [0.4, 0.5) is 0 Å². The van der Waals surface area contributed by atoms with Crippen molar-refractivity contribution in [1.82, 2.24) is 4.90 Å². The van der Waals surface area contributed by atoms with E-state index in [0.717, 1.165) is 0 Å². The molecule has 0 N–H and O–H groups in total. The molecule has 0 spiro atoms. The Kier molecular flexibility index (Phi) is 21.0. The molecule has 34 heavy (non-hydrogen) atoms. The van der Waals surface area contributed by atoms with E-state index in [9.17, 15) is 0 Å². The molecule has 0 rings (SSSR count). The van der Waals surface area contributed by atoms with Crippen molar-refractivity contribution in [2.24, 2.45) is 0 Å². The first kappa shape index (κ1) is 35.2. The molecule has 0 amide bonds. The van der Waals surface area contributed by atoms with Crippen LogP contribution in [-0.4, -0.2) is 79.2 Å². The van der Waals surface area contributed by atoms with Crippen molar-refractivity contribution in [1.29, 1.82) is 0 Å². The van der Waals surface area contributed by atoms with E-state index >= 15 is 0 Å². The Hall–Kier alpha value is 1.25. The van der Waals surface area contributed by atoms with Gasteiger partial charge in [-0.3, -0.25) is 0 Å². The van der Waals surface area contributed by atoms with Crippen molar-refractivity contribution in [2.75, 3.05) is 74.3 Å². The third kappa shape index (κ3) is 12.7. The molecule has 0 fully saturated rings. The third-order valence-electron chi connectivity index (χ3n) is 8.70. The van der Waals surface area contributed by atoms with Gasteiger partial charge in [-0.15, -0.1) is 0 Å². The van der Waals surface area contributed by atoms with Crippen molar-refractivity contribution in [3.05, 3.63) is 0 Å². The van der Waals surface area contributed by atoms with E-state index in [4.69, 9.17) is 0 Å². The van der Waals surface area contributed by atoms with Gasteiger partial charge in [0.25, 0.3) is 0 Å². The van der Waals surface area contributed by atoms with E-state index in [1.54, 1.807) is 74.3 Å². The van der Waals surface area contributed by atoms with E-state index in [-0.39, 0.29) is 0 Å². The molecule has 0 atom stereocenters. The normalized spacial score (nSPS) is 14.6. The Morgan fingerprint density at radius 2 is 0.441 bits per heavy atom. The number of hydrogen-bond donors (Lipinski definition) is 0. The molecule has 0 saturated carbocycles. The Bertz CT molecular complexity index is 350. The second-order valence-electron chi connectivity index (χ2n) is 12.4. The number of nitrogens with zero attached hydrogens (tertiary/aromatic N) is 1. The summed E-state index contributed by atoms with van der Waals surface area (Å²) >= 11 is 0. The maximum atomic E-state index is 3.27. The topological polar surface area (TPSA) is 3.24 Å². The van der Waals surface area contributed by atoms with Crippen molar-refractivity contribution >= 4 is 21.8 Å².